The van der Waals surface area contributed by atoms with E-state index in [0.29, 0.717) is 6.41 Å². The van der Waals surface area contributed by atoms with Crippen LogP contribution in [0.4, 0.5) is 0 Å². The number of hydrogen-bond acceptors (Lipinski definition) is 3. The number of carbonyl (C=O) groups is 3. The molecule has 6 heteroatoms. The second kappa shape index (κ2) is 6.58. The molecule has 15 heavy (non-hydrogen) atoms. The molecule has 0 heterocycles. The maximum Gasteiger partial charge on any atom is 0.331 e. The topological polar surface area (TPSA) is 86.7 Å². The van der Waals surface area contributed by atoms with Crippen molar-refractivity contribution in [1.82, 2.24) is 10.2 Å². The fraction of sp³-hybridized carbons (Fsp3) is 0.444. The largest absolute Gasteiger partial charge is 0.478 e. The second-order valence-corrected chi connectivity index (χ2v) is 2.97. The minimum atomic E-state index is -1.01. The molecule has 0 radical (unpaired) electrons. The normalized spacial score (nSPS) is 10.7. The molecule has 0 aromatic carbocycles. The van der Waals surface area contributed by atoms with E-state index in [9.17, 15) is 14.4 Å². The van der Waals surface area contributed by atoms with Crippen molar-refractivity contribution >= 4 is 18.3 Å². The highest BCUT2D eigenvalue weighted by atomic mass is 16.4. The molecule has 0 saturated carbocycles. The number of nitrogens with zero attached hydrogens (tertiary/aromatic N) is 1. The predicted molar refractivity (Wildman–Crippen MR) is 53.1 cm³/mol. The maximum absolute atomic E-state index is 11.2. The molecule has 6 nitrogen and oxygen atoms in total. The van der Waals surface area contributed by atoms with Crippen LogP contribution >= 0.6 is 0 Å². The summed E-state index contributed by atoms with van der Waals surface area (Å²) in [6.45, 7) is 1.57. The zero-order valence-corrected chi connectivity index (χ0v) is 8.69. The van der Waals surface area contributed by atoms with Gasteiger partial charge in [-0.2, -0.15) is 0 Å². The minimum Gasteiger partial charge on any atom is -0.478 e. The number of carbonyl (C=O) groups excluding carboxylic acids is 2. The van der Waals surface area contributed by atoms with E-state index >= 15 is 0 Å². The van der Waals surface area contributed by atoms with Crippen LogP contribution in [-0.2, 0) is 14.4 Å². The first kappa shape index (κ1) is 13.2. The molecule has 0 bridgehead atoms. The molecule has 84 valence electrons. The number of aliphatic carboxylic acids is 1. The van der Waals surface area contributed by atoms with Gasteiger partial charge in [-0.25, -0.2) is 4.79 Å². The van der Waals surface area contributed by atoms with Crippen molar-refractivity contribution in [3.63, 3.8) is 0 Å². The first-order chi connectivity index (χ1) is 6.99. The lowest BCUT2D eigenvalue weighted by Crippen LogP contribution is -2.35. The molecule has 0 rings (SSSR count). The van der Waals surface area contributed by atoms with Crippen LogP contribution in [0.3, 0.4) is 0 Å². The van der Waals surface area contributed by atoms with Crippen LogP contribution in [0, 0.1) is 0 Å². The van der Waals surface area contributed by atoms with Crippen molar-refractivity contribution in [1.29, 1.82) is 0 Å². The molecule has 2 N–H and O–H groups in total. The van der Waals surface area contributed by atoms with Gasteiger partial charge in [0.25, 0.3) is 0 Å². The van der Waals surface area contributed by atoms with Crippen LogP contribution < -0.4 is 5.32 Å². The summed E-state index contributed by atoms with van der Waals surface area (Å²) < 4.78 is 0. The smallest absolute Gasteiger partial charge is 0.331 e. The monoisotopic (exact) mass is 214 g/mol. The van der Waals surface area contributed by atoms with Crippen LogP contribution in [0.15, 0.2) is 11.6 Å². The van der Waals surface area contributed by atoms with Crippen molar-refractivity contribution in [3.05, 3.63) is 11.6 Å². The van der Waals surface area contributed by atoms with E-state index in [4.69, 9.17) is 5.11 Å². The zero-order valence-electron chi connectivity index (χ0n) is 8.69. The SMILES string of the molecule is CC(=CCN(C)C(=O)CNC=O)C(=O)O. The average Bonchev–Trinajstić information content (AvgIpc) is 2.21. The highest BCUT2D eigenvalue weighted by molar-refractivity contribution is 5.86. The van der Waals surface area contributed by atoms with E-state index in [2.05, 4.69) is 5.32 Å². The van der Waals surface area contributed by atoms with Gasteiger partial charge in [0.05, 0.1) is 6.54 Å². The van der Waals surface area contributed by atoms with Crippen LogP contribution in [0.25, 0.3) is 0 Å². The van der Waals surface area contributed by atoms with Crippen LogP contribution in [0.2, 0.25) is 0 Å². The summed E-state index contributed by atoms with van der Waals surface area (Å²) >= 11 is 0. The molecule has 0 fully saturated rings. The summed E-state index contributed by atoms with van der Waals surface area (Å²) in [5, 5.41) is 10.8. The first-order valence-electron chi connectivity index (χ1n) is 4.30. The van der Waals surface area contributed by atoms with Crippen molar-refractivity contribution < 1.29 is 19.5 Å². The van der Waals surface area contributed by atoms with Crippen molar-refractivity contribution in [3.8, 4) is 0 Å². The standard InChI is InChI=1S/C9H14N2O4/c1-7(9(14)15)3-4-11(2)8(13)5-10-6-12/h3,6H,4-5H2,1-2H3,(H,10,12)(H,14,15). The van der Waals surface area contributed by atoms with E-state index in [1.54, 1.807) is 0 Å². The van der Waals surface area contributed by atoms with Gasteiger partial charge in [-0.15, -0.1) is 0 Å². The molecule has 0 aliphatic heterocycles. The Morgan fingerprint density at radius 1 is 1.47 bits per heavy atom. The molecule has 0 unspecified atom stereocenters. The molecule has 0 aromatic rings. The van der Waals surface area contributed by atoms with Crippen LogP contribution in [-0.4, -0.2) is 48.4 Å². The Morgan fingerprint density at radius 3 is 2.53 bits per heavy atom. The summed E-state index contributed by atoms with van der Waals surface area (Å²) in [4.78, 5) is 32.9. The van der Waals surface area contributed by atoms with Crippen molar-refractivity contribution in [2.24, 2.45) is 0 Å². The molecule has 0 spiro atoms. The molecule has 0 aromatic heterocycles. The third-order valence-electron chi connectivity index (χ3n) is 1.77. The van der Waals surface area contributed by atoms with E-state index < -0.39 is 5.97 Å². The first-order valence-corrected chi connectivity index (χ1v) is 4.30. The highest BCUT2D eigenvalue weighted by Crippen LogP contribution is 1.93. The van der Waals surface area contributed by atoms with Gasteiger partial charge in [0.15, 0.2) is 0 Å². The Kier molecular flexibility index (Phi) is 5.77. The number of carboxylic acids is 1. The molecule has 0 atom stereocenters. The van der Waals surface area contributed by atoms with Crippen LogP contribution in [0.1, 0.15) is 6.92 Å². The number of nitrogens with one attached hydrogen (secondary N) is 1. The summed E-state index contributed by atoms with van der Waals surface area (Å²) in [6, 6.07) is 0. The number of amides is 2. The predicted octanol–water partition coefficient (Wildman–Crippen LogP) is -0.778. The summed E-state index contributed by atoms with van der Waals surface area (Å²) in [7, 11) is 1.53. The van der Waals surface area contributed by atoms with Gasteiger partial charge in [0, 0.05) is 19.2 Å². The van der Waals surface area contributed by atoms with Gasteiger partial charge in [-0.3, -0.25) is 9.59 Å². The Morgan fingerprint density at radius 2 is 2.07 bits per heavy atom. The highest BCUT2D eigenvalue weighted by Gasteiger charge is 2.07. The fourth-order valence-electron chi connectivity index (χ4n) is 0.727. The van der Waals surface area contributed by atoms with Gasteiger partial charge in [0.2, 0.25) is 12.3 Å². The Hall–Kier alpha value is -1.85. The lowest BCUT2D eigenvalue weighted by Gasteiger charge is -2.14. The van der Waals surface area contributed by atoms with Gasteiger partial charge in [-0.05, 0) is 6.92 Å². The Balaban J connectivity index is 4.07. The maximum atomic E-state index is 11.2. The van der Waals surface area contributed by atoms with E-state index in [1.807, 2.05) is 0 Å². The van der Waals surface area contributed by atoms with E-state index in [1.165, 1.54) is 24.9 Å². The van der Waals surface area contributed by atoms with E-state index in [-0.39, 0.29) is 24.6 Å². The number of carboxylic acid groups (broad SMARTS) is 1. The zero-order chi connectivity index (χ0) is 11.8. The van der Waals surface area contributed by atoms with E-state index in [0.717, 1.165) is 0 Å². The molecular formula is C9H14N2O4. The van der Waals surface area contributed by atoms with Gasteiger partial charge in [-0.1, -0.05) is 6.08 Å². The Labute approximate surface area is 87.6 Å². The molecule has 2 amide bonds. The van der Waals surface area contributed by atoms with Crippen molar-refractivity contribution in [2.75, 3.05) is 20.1 Å². The molecule has 0 aliphatic carbocycles. The third kappa shape index (κ3) is 5.45. The fourth-order valence-corrected chi connectivity index (χ4v) is 0.727. The summed E-state index contributed by atoms with van der Waals surface area (Å²) in [6.07, 6.45) is 1.87. The Bertz CT molecular complexity index is 286. The molecule has 0 saturated heterocycles. The number of rotatable bonds is 6. The minimum absolute atomic E-state index is 0.0834. The quantitative estimate of drug-likeness (QED) is 0.448. The number of likely N-dealkylation sites (N-methyl/N-ethyl adjacent to an activating group) is 1. The third-order valence-corrected chi connectivity index (χ3v) is 1.77. The average molecular weight is 214 g/mol. The summed E-state index contributed by atoms with van der Waals surface area (Å²) in [5.74, 6) is -1.29. The van der Waals surface area contributed by atoms with Gasteiger partial charge < -0.3 is 15.3 Å². The molecule has 0 aliphatic rings. The second-order valence-electron chi connectivity index (χ2n) is 2.97. The van der Waals surface area contributed by atoms with Crippen molar-refractivity contribution in [2.45, 2.75) is 6.92 Å². The number of hydrogen-bond donors (Lipinski definition) is 2. The lowest BCUT2D eigenvalue weighted by molar-refractivity contribution is -0.133. The molecular weight excluding hydrogens is 200 g/mol. The van der Waals surface area contributed by atoms with Gasteiger partial charge >= 0.3 is 5.97 Å². The van der Waals surface area contributed by atoms with Gasteiger partial charge in [0.1, 0.15) is 0 Å². The lowest BCUT2D eigenvalue weighted by atomic mass is 10.3. The van der Waals surface area contributed by atoms with Crippen LogP contribution in [0.5, 0.6) is 0 Å². The summed E-state index contributed by atoms with van der Waals surface area (Å²) in [5.41, 5.74) is 0.179.